The quantitative estimate of drug-likeness (QED) is 0.282. The largest absolute Gasteiger partial charge is 0.357 e. The lowest BCUT2D eigenvalue weighted by molar-refractivity contribution is 0.126. The van der Waals surface area contributed by atoms with E-state index in [2.05, 4.69) is 67.9 Å². The molecule has 1 aromatic carbocycles. The first kappa shape index (κ1) is 23.2. The predicted molar refractivity (Wildman–Crippen MR) is 133 cm³/mol. The van der Waals surface area contributed by atoms with Crippen LogP contribution in [-0.4, -0.2) is 76.2 Å². The van der Waals surface area contributed by atoms with Crippen LogP contribution in [0.15, 0.2) is 59.7 Å². The van der Waals surface area contributed by atoms with Crippen molar-refractivity contribution >= 4 is 11.6 Å². The number of pyridine rings is 1. The van der Waals surface area contributed by atoms with Gasteiger partial charge in [-0.25, -0.2) is 4.99 Å². The highest BCUT2D eigenvalue weighted by Crippen LogP contribution is 2.09. The zero-order valence-electron chi connectivity index (χ0n) is 19.7. The van der Waals surface area contributed by atoms with Crippen molar-refractivity contribution in [3.8, 4) is 0 Å². The van der Waals surface area contributed by atoms with E-state index < -0.39 is 0 Å². The molecule has 3 aromatic rings. The number of rotatable bonds is 10. The van der Waals surface area contributed by atoms with Gasteiger partial charge in [-0.3, -0.25) is 9.30 Å². The zero-order valence-corrected chi connectivity index (χ0v) is 19.7. The van der Waals surface area contributed by atoms with Crippen molar-refractivity contribution in [1.29, 1.82) is 0 Å². The van der Waals surface area contributed by atoms with Crippen molar-refractivity contribution in [2.75, 3.05) is 45.8 Å². The number of aliphatic imine (C=N–C) groups is 1. The number of nitrogens with one attached hydrogen (secondary N) is 2. The van der Waals surface area contributed by atoms with Gasteiger partial charge in [-0.15, -0.1) is 10.2 Å². The highest BCUT2D eigenvalue weighted by molar-refractivity contribution is 5.79. The van der Waals surface area contributed by atoms with E-state index in [9.17, 15) is 0 Å². The molecule has 1 saturated heterocycles. The van der Waals surface area contributed by atoms with E-state index in [1.165, 1.54) is 18.5 Å². The van der Waals surface area contributed by atoms with Crippen LogP contribution < -0.4 is 10.6 Å². The lowest BCUT2D eigenvalue weighted by Crippen LogP contribution is -2.46. The summed E-state index contributed by atoms with van der Waals surface area (Å²) in [6.07, 6.45) is 4.30. The molecule has 176 valence electrons. The van der Waals surface area contributed by atoms with E-state index in [1.807, 2.05) is 28.8 Å². The first-order valence-corrected chi connectivity index (χ1v) is 12.1. The Morgan fingerprint density at radius 1 is 0.909 bits per heavy atom. The standard InChI is InChI=1S/C25H36N8/c1-2-26-25(28-20-24-30-29-23-12-6-8-15-33(23)24)27-13-7-9-14-31-16-18-32(19-17-31)21-22-10-4-3-5-11-22/h3-6,8,10-12,15H,2,7,9,13-14,16-21H2,1H3,(H2,26,27,28). The Labute approximate surface area is 196 Å². The van der Waals surface area contributed by atoms with Crippen molar-refractivity contribution in [3.05, 3.63) is 66.1 Å². The Bertz CT molecular complexity index is 992. The number of fused-ring (bicyclic) bond motifs is 1. The maximum absolute atomic E-state index is 4.69. The molecular formula is C25H36N8. The third-order valence-corrected chi connectivity index (χ3v) is 6.01. The number of piperazine rings is 1. The molecule has 33 heavy (non-hydrogen) atoms. The second-order valence-electron chi connectivity index (χ2n) is 8.48. The van der Waals surface area contributed by atoms with Gasteiger partial charge >= 0.3 is 0 Å². The fourth-order valence-corrected chi connectivity index (χ4v) is 4.17. The molecule has 0 saturated carbocycles. The summed E-state index contributed by atoms with van der Waals surface area (Å²) < 4.78 is 1.98. The van der Waals surface area contributed by atoms with E-state index in [0.29, 0.717) is 6.54 Å². The smallest absolute Gasteiger partial charge is 0.191 e. The number of nitrogens with zero attached hydrogens (tertiary/aromatic N) is 6. The molecule has 2 N–H and O–H groups in total. The van der Waals surface area contributed by atoms with Gasteiger partial charge in [0.25, 0.3) is 0 Å². The number of unbranched alkanes of at least 4 members (excludes halogenated alkanes) is 1. The van der Waals surface area contributed by atoms with Gasteiger partial charge < -0.3 is 15.5 Å². The Morgan fingerprint density at radius 2 is 1.70 bits per heavy atom. The van der Waals surface area contributed by atoms with E-state index in [1.54, 1.807) is 0 Å². The van der Waals surface area contributed by atoms with Crippen molar-refractivity contribution in [3.63, 3.8) is 0 Å². The Morgan fingerprint density at radius 3 is 2.52 bits per heavy atom. The maximum Gasteiger partial charge on any atom is 0.191 e. The number of guanidine groups is 1. The summed E-state index contributed by atoms with van der Waals surface area (Å²) in [5.74, 6) is 1.67. The summed E-state index contributed by atoms with van der Waals surface area (Å²) in [6, 6.07) is 16.7. The molecular weight excluding hydrogens is 412 g/mol. The van der Waals surface area contributed by atoms with Gasteiger partial charge in [0.15, 0.2) is 17.4 Å². The topological polar surface area (TPSA) is 73.1 Å². The lowest BCUT2D eigenvalue weighted by atomic mass is 10.2. The fraction of sp³-hybridized carbons (Fsp3) is 0.480. The third-order valence-electron chi connectivity index (χ3n) is 6.01. The summed E-state index contributed by atoms with van der Waals surface area (Å²) in [5, 5.41) is 15.2. The number of aromatic nitrogens is 3. The monoisotopic (exact) mass is 448 g/mol. The predicted octanol–water partition coefficient (Wildman–Crippen LogP) is 2.38. The van der Waals surface area contributed by atoms with E-state index in [4.69, 9.17) is 4.99 Å². The molecule has 0 bridgehead atoms. The van der Waals surface area contributed by atoms with Gasteiger partial charge in [-0.1, -0.05) is 36.4 Å². The van der Waals surface area contributed by atoms with Gasteiger partial charge in [0, 0.05) is 52.0 Å². The molecule has 4 rings (SSSR count). The van der Waals surface area contributed by atoms with Gasteiger partial charge in [-0.2, -0.15) is 0 Å². The Balaban J connectivity index is 1.13. The minimum absolute atomic E-state index is 0.494. The summed E-state index contributed by atoms with van der Waals surface area (Å²) in [6.45, 7) is 11.2. The highest BCUT2D eigenvalue weighted by atomic mass is 15.3. The van der Waals surface area contributed by atoms with Crippen LogP contribution >= 0.6 is 0 Å². The minimum Gasteiger partial charge on any atom is -0.357 e. The summed E-state index contributed by atoms with van der Waals surface area (Å²) in [5.41, 5.74) is 2.26. The van der Waals surface area contributed by atoms with Crippen molar-refractivity contribution in [1.82, 2.24) is 35.0 Å². The molecule has 8 heteroatoms. The molecule has 1 aliphatic rings. The van der Waals surface area contributed by atoms with Crippen molar-refractivity contribution in [2.24, 2.45) is 4.99 Å². The summed E-state index contributed by atoms with van der Waals surface area (Å²) in [7, 11) is 0. The first-order chi connectivity index (χ1) is 16.3. The molecule has 1 fully saturated rings. The van der Waals surface area contributed by atoms with E-state index in [-0.39, 0.29) is 0 Å². The maximum atomic E-state index is 4.69. The number of benzene rings is 1. The average molecular weight is 449 g/mol. The lowest BCUT2D eigenvalue weighted by Gasteiger charge is -2.34. The second-order valence-corrected chi connectivity index (χ2v) is 8.48. The van der Waals surface area contributed by atoms with Crippen LogP contribution in [0.1, 0.15) is 31.2 Å². The third kappa shape index (κ3) is 7.00. The highest BCUT2D eigenvalue weighted by Gasteiger charge is 2.16. The van der Waals surface area contributed by atoms with Gasteiger partial charge in [0.1, 0.15) is 6.54 Å². The van der Waals surface area contributed by atoms with Crippen LogP contribution in [0.5, 0.6) is 0 Å². The number of hydrogen-bond acceptors (Lipinski definition) is 5. The molecule has 0 atom stereocenters. The molecule has 0 aliphatic carbocycles. The molecule has 0 amide bonds. The van der Waals surface area contributed by atoms with Gasteiger partial charge in [0.05, 0.1) is 0 Å². The van der Waals surface area contributed by atoms with E-state index >= 15 is 0 Å². The molecule has 2 aromatic heterocycles. The van der Waals surface area contributed by atoms with Crippen molar-refractivity contribution in [2.45, 2.75) is 32.9 Å². The van der Waals surface area contributed by atoms with Crippen LogP contribution in [0.2, 0.25) is 0 Å². The Hall–Kier alpha value is -2.97. The van der Waals surface area contributed by atoms with Gasteiger partial charge in [0.2, 0.25) is 0 Å². The SMILES string of the molecule is CCNC(=NCc1nnc2ccccn12)NCCCCN1CCN(Cc2ccccc2)CC1. The zero-order chi connectivity index (χ0) is 22.7. The molecule has 0 radical (unpaired) electrons. The van der Waals surface area contributed by atoms with Crippen LogP contribution in [-0.2, 0) is 13.1 Å². The normalized spacial score (nSPS) is 15.7. The molecule has 3 heterocycles. The first-order valence-electron chi connectivity index (χ1n) is 12.1. The van der Waals surface area contributed by atoms with Crippen LogP contribution in [0.25, 0.3) is 5.65 Å². The molecule has 1 aliphatic heterocycles. The fourth-order valence-electron chi connectivity index (χ4n) is 4.17. The Kier molecular flexibility index (Phi) is 8.66. The van der Waals surface area contributed by atoms with E-state index in [0.717, 1.165) is 69.7 Å². The van der Waals surface area contributed by atoms with Crippen LogP contribution in [0.3, 0.4) is 0 Å². The van der Waals surface area contributed by atoms with Gasteiger partial charge in [-0.05, 0) is 44.0 Å². The van der Waals surface area contributed by atoms with Crippen LogP contribution in [0.4, 0.5) is 0 Å². The van der Waals surface area contributed by atoms with Crippen molar-refractivity contribution < 1.29 is 0 Å². The molecule has 0 unspecified atom stereocenters. The van der Waals surface area contributed by atoms with Crippen LogP contribution in [0, 0.1) is 0 Å². The average Bonchev–Trinajstić information content (AvgIpc) is 3.27. The number of hydrogen-bond donors (Lipinski definition) is 2. The molecule has 8 nitrogen and oxygen atoms in total. The molecule has 0 spiro atoms. The minimum atomic E-state index is 0.494. The summed E-state index contributed by atoms with van der Waals surface area (Å²) in [4.78, 5) is 9.85. The summed E-state index contributed by atoms with van der Waals surface area (Å²) >= 11 is 0. The second kappa shape index (κ2) is 12.3.